The SMILES string of the molecule is Cc1ccsc1-c1cc(F)ccc1NC(=O)O[C@H]1CN2CCC1CC2. The van der Waals surface area contributed by atoms with Gasteiger partial charge in [0, 0.05) is 17.0 Å². The Morgan fingerprint density at radius 1 is 1.32 bits per heavy atom. The number of carbonyl (C=O) groups is 1. The van der Waals surface area contributed by atoms with Crippen LogP contribution in [-0.2, 0) is 4.74 Å². The molecule has 2 bridgehead atoms. The number of rotatable bonds is 3. The molecule has 25 heavy (non-hydrogen) atoms. The van der Waals surface area contributed by atoms with E-state index >= 15 is 0 Å². The zero-order valence-electron chi connectivity index (χ0n) is 14.1. The van der Waals surface area contributed by atoms with Gasteiger partial charge in [-0.3, -0.25) is 10.2 Å². The minimum Gasteiger partial charge on any atom is -0.444 e. The minimum atomic E-state index is -0.458. The number of nitrogens with zero attached hydrogens (tertiary/aromatic N) is 1. The normalized spacial score (nSPS) is 25.0. The summed E-state index contributed by atoms with van der Waals surface area (Å²) in [6.07, 6.45) is 1.68. The Labute approximate surface area is 150 Å². The van der Waals surface area contributed by atoms with Crippen molar-refractivity contribution in [1.29, 1.82) is 0 Å². The molecule has 6 heteroatoms. The molecule has 132 valence electrons. The Kier molecular flexibility index (Phi) is 4.48. The van der Waals surface area contributed by atoms with Gasteiger partial charge in [0.1, 0.15) is 11.9 Å². The number of fused-ring (bicyclic) bond motifs is 3. The monoisotopic (exact) mass is 360 g/mol. The zero-order valence-corrected chi connectivity index (χ0v) is 14.9. The molecule has 3 aliphatic heterocycles. The molecule has 0 radical (unpaired) electrons. The van der Waals surface area contributed by atoms with Crippen LogP contribution in [0.2, 0.25) is 0 Å². The van der Waals surface area contributed by atoms with E-state index in [9.17, 15) is 9.18 Å². The van der Waals surface area contributed by atoms with Crippen LogP contribution in [0.4, 0.5) is 14.9 Å². The molecule has 2 aromatic rings. The lowest BCUT2D eigenvalue weighted by Crippen LogP contribution is -2.52. The van der Waals surface area contributed by atoms with Gasteiger partial charge in [0.15, 0.2) is 0 Å². The highest BCUT2D eigenvalue weighted by atomic mass is 32.1. The van der Waals surface area contributed by atoms with E-state index in [1.165, 1.54) is 23.5 Å². The maximum atomic E-state index is 13.7. The van der Waals surface area contributed by atoms with Gasteiger partial charge in [0.05, 0.1) is 5.69 Å². The molecule has 1 aromatic heterocycles. The minimum absolute atomic E-state index is 0.0464. The summed E-state index contributed by atoms with van der Waals surface area (Å²) in [5, 5.41) is 4.78. The molecule has 1 atom stereocenters. The van der Waals surface area contributed by atoms with Gasteiger partial charge in [-0.1, -0.05) is 0 Å². The molecule has 4 nitrogen and oxygen atoms in total. The highest BCUT2D eigenvalue weighted by molar-refractivity contribution is 7.13. The molecular formula is C19H21FN2O2S. The second kappa shape index (κ2) is 6.77. The van der Waals surface area contributed by atoms with E-state index in [4.69, 9.17) is 4.74 Å². The molecule has 3 fully saturated rings. The van der Waals surface area contributed by atoms with Crippen molar-refractivity contribution in [2.24, 2.45) is 5.92 Å². The average Bonchev–Trinajstić information content (AvgIpc) is 3.03. The van der Waals surface area contributed by atoms with Gasteiger partial charge in [-0.15, -0.1) is 11.3 Å². The van der Waals surface area contributed by atoms with E-state index in [1.54, 1.807) is 6.07 Å². The third kappa shape index (κ3) is 3.41. The summed E-state index contributed by atoms with van der Waals surface area (Å²) < 4.78 is 19.4. The Morgan fingerprint density at radius 2 is 2.12 bits per heavy atom. The van der Waals surface area contributed by atoms with E-state index in [1.807, 2.05) is 18.4 Å². The number of hydrogen-bond acceptors (Lipinski definition) is 4. The largest absolute Gasteiger partial charge is 0.444 e. The summed E-state index contributed by atoms with van der Waals surface area (Å²) in [6, 6.07) is 6.40. The third-order valence-electron chi connectivity index (χ3n) is 5.18. The number of hydrogen-bond donors (Lipinski definition) is 1. The lowest BCUT2D eigenvalue weighted by atomic mass is 9.86. The van der Waals surface area contributed by atoms with E-state index in [2.05, 4.69) is 10.2 Å². The van der Waals surface area contributed by atoms with Gasteiger partial charge >= 0.3 is 6.09 Å². The van der Waals surface area contributed by atoms with E-state index in [-0.39, 0.29) is 11.9 Å². The maximum Gasteiger partial charge on any atom is 0.411 e. The summed E-state index contributed by atoms with van der Waals surface area (Å²) in [4.78, 5) is 15.7. The fourth-order valence-electron chi connectivity index (χ4n) is 3.78. The van der Waals surface area contributed by atoms with Crippen molar-refractivity contribution in [2.45, 2.75) is 25.9 Å². The average molecular weight is 360 g/mol. The van der Waals surface area contributed by atoms with Crippen molar-refractivity contribution in [3.8, 4) is 10.4 Å². The van der Waals surface area contributed by atoms with Crippen molar-refractivity contribution in [1.82, 2.24) is 4.90 Å². The fraction of sp³-hybridized carbons (Fsp3) is 0.421. The summed E-state index contributed by atoms with van der Waals surface area (Å²) in [7, 11) is 0. The number of benzene rings is 1. The van der Waals surface area contributed by atoms with Gasteiger partial charge in [0.25, 0.3) is 0 Å². The number of anilines is 1. The van der Waals surface area contributed by atoms with Crippen molar-refractivity contribution >= 4 is 23.1 Å². The molecule has 3 saturated heterocycles. The van der Waals surface area contributed by atoms with Crippen LogP contribution in [-0.4, -0.2) is 36.7 Å². The van der Waals surface area contributed by atoms with Crippen LogP contribution >= 0.6 is 11.3 Å². The molecule has 5 rings (SSSR count). The number of ether oxygens (including phenoxy) is 1. The number of nitrogens with one attached hydrogen (secondary N) is 1. The van der Waals surface area contributed by atoms with Gasteiger partial charge in [-0.05, 0) is 74.0 Å². The molecule has 4 heterocycles. The summed E-state index contributed by atoms with van der Waals surface area (Å²) in [6.45, 7) is 5.00. The quantitative estimate of drug-likeness (QED) is 0.876. The fourth-order valence-corrected chi connectivity index (χ4v) is 4.74. The first-order valence-electron chi connectivity index (χ1n) is 8.64. The molecule has 0 aliphatic carbocycles. The summed E-state index contributed by atoms with van der Waals surface area (Å²) in [5.41, 5.74) is 2.33. The van der Waals surface area contributed by atoms with Crippen LogP contribution in [0.25, 0.3) is 10.4 Å². The molecule has 0 spiro atoms. The second-order valence-electron chi connectivity index (χ2n) is 6.83. The van der Waals surface area contributed by atoms with Crippen molar-refractivity contribution < 1.29 is 13.9 Å². The molecule has 1 aromatic carbocycles. The molecule has 0 unspecified atom stereocenters. The molecule has 3 aliphatic rings. The Bertz CT molecular complexity index is 783. The van der Waals surface area contributed by atoms with Crippen LogP contribution in [0.15, 0.2) is 29.6 Å². The molecule has 1 amide bonds. The van der Waals surface area contributed by atoms with E-state index < -0.39 is 6.09 Å². The number of halogens is 1. The van der Waals surface area contributed by atoms with Crippen LogP contribution in [0.5, 0.6) is 0 Å². The number of piperidine rings is 3. The first-order valence-corrected chi connectivity index (χ1v) is 9.52. The number of thiophene rings is 1. The number of amides is 1. The van der Waals surface area contributed by atoms with Gasteiger partial charge in [-0.2, -0.15) is 0 Å². The predicted molar refractivity (Wildman–Crippen MR) is 97.5 cm³/mol. The van der Waals surface area contributed by atoms with Crippen molar-refractivity contribution in [2.75, 3.05) is 25.0 Å². The topological polar surface area (TPSA) is 41.6 Å². The summed E-state index contributed by atoms with van der Waals surface area (Å²) >= 11 is 1.53. The molecule has 1 N–H and O–H groups in total. The Balaban J connectivity index is 1.51. The predicted octanol–water partition coefficient (Wildman–Crippen LogP) is 4.51. The van der Waals surface area contributed by atoms with Crippen LogP contribution in [0.1, 0.15) is 18.4 Å². The van der Waals surface area contributed by atoms with Gasteiger partial charge in [0.2, 0.25) is 0 Å². The van der Waals surface area contributed by atoms with Crippen molar-refractivity contribution in [3.63, 3.8) is 0 Å². The third-order valence-corrected chi connectivity index (χ3v) is 6.23. The van der Waals surface area contributed by atoms with Crippen molar-refractivity contribution in [3.05, 3.63) is 41.0 Å². The summed E-state index contributed by atoms with van der Waals surface area (Å²) in [5.74, 6) is 0.141. The van der Waals surface area contributed by atoms with Crippen LogP contribution in [0.3, 0.4) is 0 Å². The maximum absolute atomic E-state index is 13.7. The Morgan fingerprint density at radius 3 is 2.76 bits per heavy atom. The zero-order chi connectivity index (χ0) is 17.4. The second-order valence-corrected chi connectivity index (χ2v) is 7.75. The van der Waals surface area contributed by atoms with E-state index in [0.29, 0.717) is 17.2 Å². The molecule has 0 saturated carbocycles. The van der Waals surface area contributed by atoms with Gasteiger partial charge in [-0.25, -0.2) is 9.18 Å². The lowest BCUT2D eigenvalue weighted by molar-refractivity contribution is -0.0289. The van der Waals surface area contributed by atoms with Gasteiger partial charge < -0.3 is 4.74 Å². The number of aryl methyl sites for hydroxylation is 1. The first-order chi connectivity index (χ1) is 12.1. The lowest BCUT2D eigenvalue weighted by Gasteiger charge is -2.43. The number of carbonyl (C=O) groups excluding carboxylic acids is 1. The molecular weight excluding hydrogens is 339 g/mol. The van der Waals surface area contributed by atoms with Crippen LogP contribution in [0, 0.1) is 18.7 Å². The van der Waals surface area contributed by atoms with E-state index in [0.717, 1.165) is 42.9 Å². The first kappa shape index (κ1) is 16.5. The Hall–Kier alpha value is -1.92. The highest BCUT2D eigenvalue weighted by Gasteiger charge is 2.36. The highest BCUT2D eigenvalue weighted by Crippen LogP contribution is 2.35. The van der Waals surface area contributed by atoms with Crippen LogP contribution < -0.4 is 5.32 Å². The standard InChI is InChI=1S/C19H21FN2O2S/c1-12-6-9-25-18(12)15-10-14(20)2-3-16(15)21-19(23)24-17-11-22-7-4-13(17)5-8-22/h2-3,6,9-10,13,17H,4-5,7-8,11H2,1H3,(H,21,23)/t17-/m0/s1. The smallest absolute Gasteiger partial charge is 0.411 e.